The minimum Gasteiger partial charge on any atom is -0.496 e. The Morgan fingerprint density at radius 2 is 1.71 bits per heavy atom. The van der Waals surface area contributed by atoms with Crippen molar-refractivity contribution in [2.24, 2.45) is 0 Å². The van der Waals surface area contributed by atoms with Crippen molar-refractivity contribution in [3.05, 3.63) is 72.1 Å². The van der Waals surface area contributed by atoms with Gasteiger partial charge >= 0.3 is 0 Å². The maximum Gasteiger partial charge on any atom is 0.126 e. The molecule has 3 heteroatoms. The fraction of sp³-hybridized carbons (Fsp3) is 0.167. The van der Waals surface area contributed by atoms with Crippen LogP contribution in [0.2, 0.25) is 0 Å². The smallest absolute Gasteiger partial charge is 0.126 e. The Hall–Kier alpha value is -2.39. The zero-order chi connectivity index (χ0) is 14.5. The van der Waals surface area contributed by atoms with Crippen molar-refractivity contribution in [3.63, 3.8) is 0 Å². The van der Waals surface area contributed by atoms with Crippen molar-refractivity contribution in [2.75, 3.05) is 7.11 Å². The van der Waals surface area contributed by atoms with E-state index < -0.39 is 0 Å². The zero-order valence-electron chi connectivity index (χ0n) is 12.0. The highest BCUT2D eigenvalue weighted by molar-refractivity contribution is 5.91. The number of methoxy groups -OCH3 is 1. The van der Waals surface area contributed by atoms with E-state index in [2.05, 4.69) is 34.6 Å². The molecular weight excluding hydrogens is 260 g/mol. The number of hydrogen-bond donors (Lipinski definition) is 1. The van der Waals surface area contributed by atoms with Crippen molar-refractivity contribution in [3.8, 4) is 5.75 Å². The fourth-order valence-corrected chi connectivity index (χ4v) is 2.49. The van der Waals surface area contributed by atoms with Gasteiger partial charge in [-0.2, -0.15) is 0 Å². The second kappa shape index (κ2) is 6.37. The molecule has 3 rings (SSSR count). The van der Waals surface area contributed by atoms with Crippen LogP contribution in [0.5, 0.6) is 5.75 Å². The highest BCUT2D eigenvalue weighted by atomic mass is 16.5. The van der Waals surface area contributed by atoms with Gasteiger partial charge in [-0.15, -0.1) is 0 Å². The molecule has 0 fully saturated rings. The van der Waals surface area contributed by atoms with Crippen LogP contribution in [0, 0.1) is 0 Å². The Bertz CT molecular complexity index is 726. The molecular formula is C18H18N2O. The Morgan fingerprint density at radius 3 is 2.48 bits per heavy atom. The maximum absolute atomic E-state index is 5.43. The van der Waals surface area contributed by atoms with Gasteiger partial charge in [0.1, 0.15) is 5.75 Å². The monoisotopic (exact) mass is 278 g/mol. The molecule has 0 aliphatic rings. The molecule has 0 radical (unpaired) electrons. The third-order valence-electron chi connectivity index (χ3n) is 3.54. The van der Waals surface area contributed by atoms with Crippen LogP contribution in [0.15, 0.2) is 60.8 Å². The topological polar surface area (TPSA) is 34.1 Å². The highest BCUT2D eigenvalue weighted by Gasteiger charge is 2.05. The molecule has 0 unspecified atom stereocenters. The highest BCUT2D eigenvalue weighted by Crippen LogP contribution is 2.28. The summed E-state index contributed by atoms with van der Waals surface area (Å²) in [7, 11) is 1.71. The Labute approximate surface area is 124 Å². The Morgan fingerprint density at radius 1 is 0.905 bits per heavy atom. The van der Waals surface area contributed by atoms with Gasteiger partial charge in [0.05, 0.1) is 12.8 Å². The Balaban J connectivity index is 1.78. The van der Waals surface area contributed by atoms with Gasteiger partial charge in [0.15, 0.2) is 0 Å². The van der Waals surface area contributed by atoms with Gasteiger partial charge in [-0.1, -0.05) is 36.4 Å². The van der Waals surface area contributed by atoms with E-state index in [1.807, 2.05) is 36.5 Å². The van der Waals surface area contributed by atoms with Crippen molar-refractivity contribution in [2.45, 2.75) is 13.1 Å². The van der Waals surface area contributed by atoms with Crippen LogP contribution in [0.3, 0.4) is 0 Å². The molecule has 1 aromatic heterocycles. The molecule has 2 aromatic carbocycles. The minimum absolute atomic E-state index is 0.765. The van der Waals surface area contributed by atoms with Crippen molar-refractivity contribution < 1.29 is 4.74 Å². The van der Waals surface area contributed by atoms with E-state index in [0.717, 1.165) is 29.9 Å². The average molecular weight is 278 g/mol. The first-order valence-corrected chi connectivity index (χ1v) is 7.04. The van der Waals surface area contributed by atoms with Crippen LogP contribution in [0.25, 0.3) is 10.8 Å². The zero-order valence-corrected chi connectivity index (χ0v) is 12.0. The molecule has 3 nitrogen and oxygen atoms in total. The predicted molar refractivity (Wildman–Crippen MR) is 85.3 cm³/mol. The lowest BCUT2D eigenvalue weighted by Gasteiger charge is -2.11. The second-order valence-corrected chi connectivity index (χ2v) is 4.90. The third-order valence-corrected chi connectivity index (χ3v) is 3.54. The lowest BCUT2D eigenvalue weighted by molar-refractivity contribution is 0.419. The van der Waals surface area contributed by atoms with Gasteiger partial charge in [-0.3, -0.25) is 4.98 Å². The minimum atomic E-state index is 0.765. The summed E-state index contributed by atoms with van der Waals surface area (Å²) in [6.45, 7) is 1.57. The van der Waals surface area contributed by atoms with E-state index in [1.54, 1.807) is 7.11 Å². The molecule has 0 saturated carbocycles. The molecule has 1 N–H and O–H groups in total. The van der Waals surface area contributed by atoms with Crippen LogP contribution in [0.1, 0.15) is 11.3 Å². The first kappa shape index (κ1) is 13.6. The maximum atomic E-state index is 5.43. The molecule has 0 amide bonds. The fourth-order valence-electron chi connectivity index (χ4n) is 2.49. The number of hydrogen-bond acceptors (Lipinski definition) is 3. The van der Waals surface area contributed by atoms with Gasteiger partial charge < -0.3 is 10.1 Å². The standard InChI is InChI=1S/C18H18N2O/c1-21-18-10-9-14(16-7-2-3-8-17(16)18)12-19-13-15-6-4-5-11-20-15/h2-11,19H,12-13H2,1H3. The van der Waals surface area contributed by atoms with Crippen LogP contribution >= 0.6 is 0 Å². The van der Waals surface area contributed by atoms with E-state index in [9.17, 15) is 0 Å². The normalized spacial score (nSPS) is 10.7. The lowest BCUT2D eigenvalue weighted by atomic mass is 10.0. The van der Waals surface area contributed by atoms with Gasteiger partial charge in [0.25, 0.3) is 0 Å². The number of ether oxygens (including phenoxy) is 1. The number of rotatable bonds is 5. The van der Waals surface area contributed by atoms with Gasteiger partial charge in [-0.05, 0) is 29.1 Å². The molecule has 0 saturated heterocycles. The van der Waals surface area contributed by atoms with Crippen LogP contribution in [-0.2, 0) is 13.1 Å². The van der Waals surface area contributed by atoms with E-state index >= 15 is 0 Å². The summed E-state index contributed by atoms with van der Waals surface area (Å²) in [4.78, 5) is 4.32. The number of pyridine rings is 1. The quantitative estimate of drug-likeness (QED) is 0.775. The first-order chi connectivity index (χ1) is 10.4. The molecule has 0 aliphatic heterocycles. The van der Waals surface area contributed by atoms with Crippen molar-refractivity contribution in [1.29, 1.82) is 0 Å². The summed E-state index contributed by atoms with van der Waals surface area (Å²) >= 11 is 0. The molecule has 106 valence electrons. The van der Waals surface area contributed by atoms with E-state index in [1.165, 1.54) is 10.9 Å². The third kappa shape index (κ3) is 3.03. The Kier molecular flexibility index (Phi) is 4.12. The molecule has 0 bridgehead atoms. The summed E-state index contributed by atoms with van der Waals surface area (Å²) in [5.74, 6) is 0.916. The molecule has 0 aliphatic carbocycles. The SMILES string of the molecule is COc1ccc(CNCc2ccccn2)c2ccccc12. The summed E-state index contributed by atoms with van der Waals surface area (Å²) in [6.07, 6.45) is 1.82. The molecule has 1 heterocycles. The van der Waals surface area contributed by atoms with Gasteiger partial charge in [0.2, 0.25) is 0 Å². The molecule has 0 spiro atoms. The number of nitrogens with zero attached hydrogens (tertiary/aromatic N) is 1. The summed E-state index contributed by atoms with van der Waals surface area (Å²) in [6, 6.07) is 18.4. The van der Waals surface area contributed by atoms with Gasteiger partial charge in [0, 0.05) is 24.7 Å². The number of fused-ring (bicyclic) bond motifs is 1. The van der Waals surface area contributed by atoms with E-state index in [-0.39, 0.29) is 0 Å². The van der Waals surface area contributed by atoms with Crippen molar-refractivity contribution in [1.82, 2.24) is 10.3 Å². The predicted octanol–water partition coefficient (Wildman–Crippen LogP) is 3.53. The first-order valence-electron chi connectivity index (χ1n) is 7.04. The summed E-state index contributed by atoms with van der Waals surface area (Å²) in [5, 5.41) is 5.82. The van der Waals surface area contributed by atoms with Crippen LogP contribution in [0.4, 0.5) is 0 Å². The van der Waals surface area contributed by atoms with Crippen LogP contribution in [-0.4, -0.2) is 12.1 Å². The van der Waals surface area contributed by atoms with Crippen molar-refractivity contribution >= 4 is 10.8 Å². The van der Waals surface area contributed by atoms with Gasteiger partial charge in [-0.25, -0.2) is 0 Å². The number of nitrogens with one attached hydrogen (secondary N) is 1. The largest absolute Gasteiger partial charge is 0.496 e. The number of benzene rings is 2. The number of aromatic nitrogens is 1. The molecule has 0 atom stereocenters. The van der Waals surface area contributed by atoms with E-state index in [0.29, 0.717) is 0 Å². The summed E-state index contributed by atoms with van der Waals surface area (Å²) in [5.41, 5.74) is 2.32. The average Bonchev–Trinajstić information content (AvgIpc) is 2.56. The van der Waals surface area contributed by atoms with Crippen LogP contribution < -0.4 is 10.1 Å². The second-order valence-electron chi connectivity index (χ2n) is 4.90. The molecule has 21 heavy (non-hydrogen) atoms. The summed E-state index contributed by atoms with van der Waals surface area (Å²) < 4.78 is 5.43. The van der Waals surface area contributed by atoms with E-state index in [4.69, 9.17) is 4.74 Å². The lowest BCUT2D eigenvalue weighted by Crippen LogP contribution is -2.13. The molecule has 3 aromatic rings.